The Morgan fingerprint density at radius 1 is 1.06 bits per heavy atom. The molecule has 0 bridgehead atoms. The van der Waals surface area contributed by atoms with Crippen LogP contribution in [0.2, 0.25) is 5.02 Å². The average Bonchev–Trinajstić information content (AvgIpc) is 2.42. The monoisotopic (exact) mass is 258 g/mol. The first kappa shape index (κ1) is 12.3. The fraction of sp³-hybridized carbons (Fsp3) is 0. The van der Waals surface area contributed by atoms with Crippen LogP contribution in [0, 0.1) is 0 Å². The van der Waals surface area contributed by atoms with Crippen molar-refractivity contribution in [2.45, 2.75) is 0 Å². The van der Waals surface area contributed by atoms with Crippen LogP contribution in [0.1, 0.15) is 15.9 Å². The van der Waals surface area contributed by atoms with Crippen molar-refractivity contribution in [3.8, 4) is 0 Å². The van der Waals surface area contributed by atoms with E-state index in [9.17, 15) is 4.79 Å². The molecule has 0 radical (unpaired) electrons. The average molecular weight is 259 g/mol. The van der Waals surface area contributed by atoms with Crippen molar-refractivity contribution in [1.29, 1.82) is 0 Å². The molecule has 0 aliphatic carbocycles. The summed E-state index contributed by atoms with van der Waals surface area (Å²) in [5.41, 5.74) is 3.90. The zero-order valence-corrected chi connectivity index (χ0v) is 10.3. The Kier molecular flexibility index (Phi) is 4.10. The molecule has 2 aromatic carbocycles. The van der Waals surface area contributed by atoms with E-state index in [1.54, 1.807) is 42.6 Å². The lowest BCUT2D eigenvalue weighted by molar-refractivity contribution is 0.0955. The van der Waals surface area contributed by atoms with Crippen LogP contribution in [-0.4, -0.2) is 12.1 Å². The van der Waals surface area contributed by atoms with E-state index >= 15 is 0 Å². The number of amides is 1. The smallest absolute Gasteiger partial charge is 0.267 e. The summed E-state index contributed by atoms with van der Waals surface area (Å²) in [6.07, 6.45) is 1.57. The van der Waals surface area contributed by atoms with E-state index in [1.807, 2.05) is 18.2 Å². The van der Waals surface area contributed by atoms with Gasteiger partial charge in [0.2, 0.25) is 0 Å². The summed E-state index contributed by atoms with van der Waals surface area (Å²) < 4.78 is 0. The maximum Gasteiger partial charge on any atom is 0.271 e. The lowest BCUT2D eigenvalue weighted by atomic mass is 10.2. The minimum absolute atomic E-state index is 0.235. The minimum Gasteiger partial charge on any atom is -0.267 e. The highest BCUT2D eigenvalue weighted by Crippen LogP contribution is 2.07. The highest BCUT2D eigenvalue weighted by molar-refractivity contribution is 6.30. The molecular formula is C14H11ClN2O. The normalized spacial score (nSPS) is 10.5. The first-order chi connectivity index (χ1) is 8.75. The van der Waals surface area contributed by atoms with Crippen LogP contribution in [-0.2, 0) is 0 Å². The number of halogens is 1. The molecule has 0 saturated carbocycles. The van der Waals surface area contributed by atoms with Crippen LogP contribution in [0.25, 0.3) is 0 Å². The Labute approximate surface area is 110 Å². The number of benzene rings is 2. The molecule has 2 rings (SSSR count). The van der Waals surface area contributed by atoms with Gasteiger partial charge in [-0.25, -0.2) is 5.43 Å². The second kappa shape index (κ2) is 5.98. The summed E-state index contributed by atoms with van der Waals surface area (Å²) in [4.78, 5) is 11.6. The molecule has 3 nitrogen and oxygen atoms in total. The Bertz CT molecular complexity index is 550. The van der Waals surface area contributed by atoms with Crippen LogP contribution in [0.4, 0.5) is 0 Å². The van der Waals surface area contributed by atoms with Gasteiger partial charge in [0.25, 0.3) is 5.91 Å². The van der Waals surface area contributed by atoms with Gasteiger partial charge in [-0.2, -0.15) is 5.10 Å². The topological polar surface area (TPSA) is 41.5 Å². The zero-order chi connectivity index (χ0) is 12.8. The maximum atomic E-state index is 11.6. The number of carbonyl (C=O) groups excluding carboxylic acids is 1. The van der Waals surface area contributed by atoms with Gasteiger partial charge >= 0.3 is 0 Å². The van der Waals surface area contributed by atoms with Gasteiger partial charge in [0.05, 0.1) is 6.21 Å². The summed E-state index contributed by atoms with van der Waals surface area (Å²) in [5, 5.41) is 4.55. The second-order valence-corrected chi connectivity index (χ2v) is 4.05. The van der Waals surface area contributed by atoms with Gasteiger partial charge in [0.1, 0.15) is 0 Å². The van der Waals surface area contributed by atoms with Crippen molar-refractivity contribution < 1.29 is 4.79 Å². The first-order valence-corrected chi connectivity index (χ1v) is 5.77. The molecule has 1 N–H and O–H groups in total. The largest absolute Gasteiger partial charge is 0.271 e. The van der Waals surface area contributed by atoms with Gasteiger partial charge in [-0.1, -0.05) is 41.9 Å². The Hall–Kier alpha value is -2.13. The van der Waals surface area contributed by atoms with Crippen molar-refractivity contribution in [3.05, 3.63) is 70.7 Å². The van der Waals surface area contributed by atoms with E-state index in [0.29, 0.717) is 10.6 Å². The number of carbonyl (C=O) groups is 1. The third-order valence-corrected chi connectivity index (χ3v) is 2.54. The molecule has 2 aromatic rings. The third-order valence-electron chi connectivity index (χ3n) is 2.29. The molecule has 4 heteroatoms. The Balaban J connectivity index is 1.96. The fourth-order valence-electron chi connectivity index (χ4n) is 1.37. The lowest BCUT2D eigenvalue weighted by Gasteiger charge is -1.98. The van der Waals surface area contributed by atoms with Crippen molar-refractivity contribution in [2.24, 2.45) is 5.10 Å². The number of rotatable bonds is 3. The molecule has 0 atom stereocenters. The van der Waals surface area contributed by atoms with Crippen molar-refractivity contribution in [1.82, 2.24) is 5.43 Å². The lowest BCUT2D eigenvalue weighted by Crippen LogP contribution is -2.17. The molecule has 0 aliphatic rings. The molecule has 0 unspecified atom stereocenters. The maximum absolute atomic E-state index is 11.6. The van der Waals surface area contributed by atoms with E-state index in [2.05, 4.69) is 10.5 Å². The Morgan fingerprint density at radius 3 is 2.39 bits per heavy atom. The van der Waals surface area contributed by atoms with Gasteiger partial charge in [-0.05, 0) is 29.8 Å². The van der Waals surface area contributed by atoms with Crippen LogP contribution >= 0.6 is 11.6 Å². The number of nitrogens with zero attached hydrogens (tertiary/aromatic N) is 1. The van der Waals surface area contributed by atoms with Gasteiger partial charge in [0, 0.05) is 10.6 Å². The standard InChI is InChI=1S/C14H11ClN2O/c15-13-8-6-11(7-9-13)10-16-17-14(18)12-4-2-1-3-5-12/h1-10H,(H,17,18)/b16-10-. The quantitative estimate of drug-likeness (QED) is 0.667. The van der Waals surface area contributed by atoms with Crippen LogP contribution in [0.3, 0.4) is 0 Å². The summed E-state index contributed by atoms with van der Waals surface area (Å²) in [5.74, 6) is -0.235. The van der Waals surface area contributed by atoms with Gasteiger partial charge < -0.3 is 0 Å². The summed E-state index contributed by atoms with van der Waals surface area (Å²) >= 11 is 5.76. The van der Waals surface area contributed by atoms with E-state index in [0.717, 1.165) is 5.56 Å². The van der Waals surface area contributed by atoms with Gasteiger partial charge in [-0.3, -0.25) is 4.79 Å². The SMILES string of the molecule is O=C(N/N=C\c1ccc(Cl)cc1)c1ccccc1. The molecule has 0 fully saturated rings. The molecule has 0 aromatic heterocycles. The first-order valence-electron chi connectivity index (χ1n) is 5.40. The fourth-order valence-corrected chi connectivity index (χ4v) is 1.49. The highest BCUT2D eigenvalue weighted by atomic mass is 35.5. The highest BCUT2D eigenvalue weighted by Gasteiger charge is 2.01. The van der Waals surface area contributed by atoms with Gasteiger partial charge in [0.15, 0.2) is 0 Å². The predicted octanol–water partition coefficient (Wildman–Crippen LogP) is 3.10. The van der Waals surface area contributed by atoms with Crippen LogP contribution in [0.15, 0.2) is 59.7 Å². The summed E-state index contributed by atoms with van der Waals surface area (Å²) in [6.45, 7) is 0. The van der Waals surface area contributed by atoms with E-state index in [1.165, 1.54) is 0 Å². The number of nitrogens with one attached hydrogen (secondary N) is 1. The molecule has 0 heterocycles. The van der Waals surface area contributed by atoms with Gasteiger partial charge in [-0.15, -0.1) is 0 Å². The molecule has 18 heavy (non-hydrogen) atoms. The number of hydrogen-bond acceptors (Lipinski definition) is 2. The molecule has 0 spiro atoms. The number of hydrazone groups is 1. The zero-order valence-electron chi connectivity index (χ0n) is 9.51. The van der Waals surface area contributed by atoms with E-state index in [4.69, 9.17) is 11.6 Å². The summed E-state index contributed by atoms with van der Waals surface area (Å²) in [6, 6.07) is 16.1. The van der Waals surface area contributed by atoms with E-state index < -0.39 is 0 Å². The summed E-state index contributed by atoms with van der Waals surface area (Å²) in [7, 11) is 0. The Morgan fingerprint density at radius 2 is 1.72 bits per heavy atom. The molecule has 90 valence electrons. The number of hydrogen-bond donors (Lipinski definition) is 1. The molecule has 0 saturated heterocycles. The van der Waals surface area contributed by atoms with E-state index in [-0.39, 0.29) is 5.91 Å². The predicted molar refractivity (Wildman–Crippen MR) is 73.0 cm³/mol. The minimum atomic E-state index is -0.235. The van der Waals surface area contributed by atoms with Crippen LogP contribution < -0.4 is 5.43 Å². The van der Waals surface area contributed by atoms with Crippen molar-refractivity contribution in [3.63, 3.8) is 0 Å². The third kappa shape index (κ3) is 3.43. The molecular weight excluding hydrogens is 248 g/mol. The molecule has 0 aliphatic heterocycles. The van der Waals surface area contributed by atoms with Crippen molar-refractivity contribution in [2.75, 3.05) is 0 Å². The van der Waals surface area contributed by atoms with Crippen LogP contribution in [0.5, 0.6) is 0 Å². The second-order valence-electron chi connectivity index (χ2n) is 3.62. The molecule has 1 amide bonds. The van der Waals surface area contributed by atoms with Crippen molar-refractivity contribution >= 4 is 23.7 Å².